The van der Waals surface area contributed by atoms with Crippen LogP contribution in [0.25, 0.3) is 0 Å². The van der Waals surface area contributed by atoms with E-state index in [4.69, 9.17) is 4.74 Å². The van der Waals surface area contributed by atoms with Crippen LogP contribution in [0.15, 0.2) is 33.0 Å². The Morgan fingerprint density at radius 1 is 1.31 bits per heavy atom. The van der Waals surface area contributed by atoms with Gasteiger partial charge in [-0.25, -0.2) is 4.99 Å². The topological polar surface area (TPSA) is 58.0 Å². The van der Waals surface area contributed by atoms with Crippen LogP contribution in [0, 0.1) is 17.8 Å². The first-order valence-electron chi connectivity index (χ1n) is 10.5. The average Bonchev–Trinajstić information content (AvgIpc) is 3.17. The minimum atomic E-state index is -4.23. The molecule has 2 heterocycles. The molecule has 2 aliphatic heterocycles. The molecule has 4 aliphatic rings. The Labute approximate surface area is 169 Å². The predicted octanol–water partition coefficient (Wildman–Crippen LogP) is 3.59. The van der Waals surface area contributed by atoms with Crippen molar-refractivity contribution in [2.45, 2.75) is 57.8 Å². The lowest BCUT2D eigenvalue weighted by Gasteiger charge is -2.44. The molecule has 5 unspecified atom stereocenters. The molecule has 160 valence electrons. The molecule has 0 bridgehead atoms. The van der Waals surface area contributed by atoms with E-state index in [-0.39, 0.29) is 30.3 Å². The van der Waals surface area contributed by atoms with E-state index in [0.29, 0.717) is 18.2 Å². The Kier molecular flexibility index (Phi) is 5.48. The van der Waals surface area contributed by atoms with Crippen LogP contribution in [-0.2, 0) is 4.74 Å². The number of allylic oxidation sites excluding steroid dienone is 1. The van der Waals surface area contributed by atoms with Crippen LogP contribution in [0.5, 0.6) is 0 Å². The Hall–Kier alpha value is -1.83. The number of amidine groups is 2. The molecule has 8 heteroatoms. The highest BCUT2D eigenvalue weighted by atomic mass is 19.4. The van der Waals surface area contributed by atoms with E-state index in [9.17, 15) is 13.2 Å². The van der Waals surface area contributed by atoms with Crippen molar-refractivity contribution in [1.29, 1.82) is 0 Å². The van der Waals surface area contributed by atoms with Gasteiger partial charge in [-0.05, 0) is 63.5 Å². The van der Waals surface area contributed by atoms with Crippen molar-refractivity contribution in [3.8, 4) is 0 Å². The third kappa shape index (κ3) is 3.83. The fraction of sp³-hybridized carbons (Fsp3) is 0.714. The summed E-state index contributed by atoms with van der Waals surface area (Å²) in [5, 5.41) is 6.86. The first-order chi connectivity index (χ1) is 13.8. The predicted molar refractivity (Wildman–Crippen MR) is 107 cm³/mol. The van der Waals surface area contributed by atoms with E-state index in [2.05, 4.69) is 20.6 Å². The Balaban J connectivity index is 1.55. The lowest BCUT2D eigenvalue weighted by molar-refractivity contribution is -0.0956. The van der Waals surface area contributed by atoms with Crippen molar-refractivity contribution in [1.82, 2.24) is 10.6 Å². The maximum atomic E-state index is 13.2. The first-order valence-corrected chi connectivity index (χ1v) is 10.5. The van der Waals surface area contributed by atoms with Crippen molar-refractivity contribution >= 4 is 11.7 Å². The largest absolute Gasteiger partial charge is 0.499 e. The monoisotopic (exact) mass is 410 g/mol. The van der Waals surface area contributed by atoms with Crippen LogP contribution in [-0.4, -0.2) is 50.1 Å². The summed E-state index contributed by atoms with van der Waals surface area (Å²) in [5.74, 6) is 2.70. The summed E-state index contributed by atoms with van der Waals surface area (Å²) in [6, 6.07) is -0.206. The van der Waals surface area contributed by atoms with Crippen molar-refractivity contribution in [2.24, 2.45) is 27.7 Å². The molecule has 0 spiro atoms. The van der Waals surface area contributed by atoms with Crippen LogP contribution in [0.4, 0.5) is 13.2 Å². The molecule has 1 fully saturated rings. The molecule has 2 aliphatic carbocycles. The van der Waals surface area contributed by atoms with E-state index in [1.54, 1.807) is 7.11 Å². The normalized spacial score (nSPS) is 33.2. The highest BCUT2D eigenvalue weighted by Gasteiger charge is 2.50. The smallest absolute Gasteiger partial charge is 0.412 e. The number of methoxy groups -OCH3 is 1. The van der Waals surface area contributed by atoms with Gasteiger partial charge in [0.15, 0.2) is 0 Å². The van der Waals surface area contributed by atoms with E-state index in [1.165, 1.54) is 11.6 Å². The molecule has 0 aromatic heterocycles. The van der Waals surface area contributed by atoms with Gasteiger partial charge >= 0.3 is 6.18 Å². The second-order valence-electron chi connectivity index (χ2n) is 8.49. The zero-order valence-corrected chi connectivity index (χ0v) is 17.1. The van der Waals surface area contributed by atoms with Crippen molar-refractivity contribution in [2.75, 3.05) is 20.2 Å². The average molecular weight is 410 g/mol. The highest BCUT2D eigenvalue weighted by molar-refractivity contribution is 6.02. The molecule has 5 nitrogen and oxygen atoms in total. The summed E-state index contributed by atoms with van der Waals surface area (Å²) >= 11 is 0. The van der Waals surface area contributed by atoms with Crippen molar-refractivity contribution in [3.05, 3.63) is 23.0 Å². The van der Waals surface area contributed by atoms with Crippen LogP contribution in [0.3, 0.4) is 0 Å². The maximum Gasteiger partial charge on any atom is 0.412 e. The fourth-order valence-electron chi connectivity index (χ4n) is 5.11. The number of ether oxygens (including phenoxy) is 1. The Morgan fingerprint density at radius 2 is 2.10 bits per heavy atom. The van der Waals surface area contributed by atoms with Gasteiger partial charge in [-0.15, -0.1) is 0 Å². The standard InChI is InChI=1S/C21H29F3N4O/c1-11(13-5-4-6-15(9-13)21(22,23)24)26-20-17-16(14-7-8-25-10-14)19(29-3)18(17)27-12(2)28-20/h9,11,13-14,17-18,25H,4-8,10H2,1-3H3,(H,26,27,28). The summed E-state index contributed by atoms with van der Waals surface area (Å²) in [5.41, 5.74) is 0.846. The minimum absolute atomic E-state index is 0.0376. The number of nitrogens with one attached hydrogen (secondary N) is 2. The summed E-state index contributed by atoms with van der Waals surface area (Å²) in [6.07, 6.45) is -0.335. The molecule has 0 radical (unpaired) electrons. The Bertz CT molecular complexity index is 777. The van der Waals surface area contributed by atoms with Crippen molar-refractivity contribution < 1.29 is 17.9 Å². The van der Waals surface area contributed by atoms with Crippen LogP contribution < -0.4 is 10.6 Å². The minimum Gasteiger partial charge on any atom is -0.499 e. The molecule has 29 heavy (non-hydrogen) atoms. The fourth-order valence-corrected chi connectivity index (χ4v) is 5.11. The lowest BCUT2D eigenvalue weighted by Crippen LogP contribution is -2.53. The van der Waals surface area contributed by atoms with Crippen LogP contribution >= 0.6 is 0 Å². The molecule has 0 saturated carbocycles. The maximum absolute atomic E-state index is 13.2. The number of aliphatic imine (C=N–C) groups is 2. The second kappa shape index (κ2) is 7.78. The van der Waals surface area contributed by atoms with Gasteiger partial charge in [0.2, 0.25) is 0 Å². The van der Waals surface area contributed by atoms with Gasteiger partial charge in [0.1, 0.15) is 23.5 Å². The van der Waals surface area contributed by atoms with Crippen molar-refractivity contribution in [3.63, 3.8) is 0 Å². The zero-order chi connectivity index (χ0) is 20.8. The molecular weight excluding hydrogens is 381 g/mol. The molecule has 4 rings (SSSR count). The summed E-state index contributed by atoms with van der Waals surface area (Å²) in [6.45, 7) is 5.70. The summed E-state index contributed by atoms with van der Waals surface area (Å²) in [7, 11) is 1.69. The van der Waals surface area contributed by atoms with Crippen LogP contribution in [0.1, 0.15) is 39.5 Å². The van der Waals surface area contributed by atoms with Gasteiger partial charge in [0.05, 0.1) is 13.0 Å². The van der Waals surface area contributed by atoms with Gasteiger partial charge in [-0.2, -0.15) is 13.2 Å². The van der Waals surface area contributed by atoms with Crippen LogP contribution in [0.2, 0.25) is 0 Å². The third-order valence-corrected chi connectivity index (χ3v) is 6.61. The number of rotatable bonds is 4. The second-order valence-corrected chi connectivity index (χ2v) is 8.49. The number of hydrogen-bond donors (Lipinski definition) is 2. The van der Waals surface area contributed by atoms with Gasteiger partial charge < -0.3 is 15.4 Å². The quantitative estimate of drug-likeness (QED) is 0.697. The van der Waals surface area contributed by atoms with E-state index >= 15 is 0 Å². The molecule has 0 aromatic carbocycles. The van der Waals surface area contributed by atoms with Gasteiger partial charge in [-0.1, -0.05) is 6.08 Å². The zero-order valence-electron chi connectivity index (χ0n) is 17.1. The Morgan fingerprint density at radius 3 is 2.76 bits per heavy atom. The molecule has 1 saturated heterocycles. The van der Waals surface area contributed by atoms with E-state index < -0.39 is 11.7 Å². The molecular formula is C21H29F3N4O. The SMILES string of the molecule is COC1=C(C2CCNC2)C2C(NC(C)C3C=C(C(F)(F)F)CCC3)=NC(C)=NC12. The molecule has 0 amide bonds. The number of nitrogens with zero attached hydrogens (tertiary/aromatic N) is 2. The van der Waals surface area contributed by atoms with E-state index in [1.807, 2.05) is 13.8 Å². The number of fused-ring (bicyclic) bond motifs is 1. The van der Waals surface area contributed by atoms with E-state index in [0.717, 1.165) is 37.5 Å². The summed E-state index contributed by atoms with van der Waals surface area (Å²) in [4.78, 5) is 9.32. The molecule has 2 N–H and O–H groups in total. The number of alkyl halides is 3. The summed E-state index contributed by atoms with van der Waals surface area (Å²) < 4.78 is 45.2. The number of halogens is 3. The van der Waals surface area contributed by atoms with Gasteiger partial charge in [0, 0.05) is 18.2 Å². The molecule has 0 aromatic rings. The highest BCUT2D eigenvalue weighted by Crippen LogP contribution is 2.46. The molecule has 5 atom stereocenters. The third-order valence-electron chi connectivity index (χ3n) is 6.61. The number of hydrogen-bond acceptors (Lipinski definition) is 5. The van der Waals surface area contributed by atoms with Gasteiger partial charge in [0.25, 0.3) is 0 Å². The first kappa shape index (κ1) is 20.4. The lowest BCUT2D eigenvalue weighted by atomic mass is 9.70. The van der Waals surface area contributed by atoms with Gasteiger partial charge in [-0.3, -0.25) is 4.99 Å².